The molecular weight excluding hydrogens is 500 g/mol. The molecule has 6 rings (SSSR count). The van der Waals surface area contributed by atoms with Gasteiger partial charge >= 0.3 is 11.9 Å². The summed E-state index contributed by atoms with van der Waals surface area (Å²) in [6.45, 7) is 18.7. The van der Waals surface area contributed by atoms with Crippen LogP contribution < -0.4 is 0 Å². The lowest BCUT2D eigenvalue weighted by Crippen LogP contribution is -2.67. The van der Waals surface area contributed by atoms with Crippen LogP contribution in [0.2, 0.25) is 0 Å². The second kappa shape index (κ2) is 9.20. The summed E-state index contributed by atoms with van der Waals surface area (Å²) >= 11 is 0. The molecule has 6 unspecified atom stereocenters. The van der Waals surface area contributed by atoms with E-state index in [9.17, 15) is 9.59 Å². The van der Waals surface area contributed by atoms with Crippen molar-refractivity contribution >= 4 is 11.9 Å². The summed E-state index contributed by atoms with van der Waals surface area (Å²) in [6.07, 6.45) is 13.5. The second-order valence-corrected chi connectivity index (χ2v) is 17.4. The van der Waals surface area contributed by atoms with Crippen LogP contribution in [0, 0.1) is 56.2 Å². The Morgan fingerprint density at radius 1 is 0.800 bits per heavy atom. The van der Waals surface area contributed by atoms with Crippen molar-refractivity contribution in [2.75, 3.05) is 6.61 Å². The minimum absolute atomic E-state index is 0.0240. The van der Waals surface area contributed by atoms with Crippen LogP contribution in [0.15, 0.2) is 0 Å². The van der Waals surface area contributed by atoms with Gasteiger partial charge in [0.05, 0.1) is 12.7 Å². The average Bonchev–Trinajstić information content (AvgIpc) is 3.20. The first-order chi connectivity index (χ1) is 18.6. The van der Waals surface area contributed by atoms with Gasteiger partial charge in [0.25, 0.3) is 0 Å². The molecule has 0 aromatic carbocycles. The number of hydrogen-bond donors (Lipinski definition) is 1. The normalized spacial score (nSPS) is 50.1. The first-order valence-corrected chi connectivity index (χ1v) is 16.6. The lowest BCUT2D eigenvalue weighted by atomic mass is 9.31. The number of rotatable bonds is 5. The maximum absolute atomic E-state index is 12.7. The number of carbonyl (C=O) groups excluding carboxylic acids is 1. The standard InChI is InChI=1S/C35H56O5/c1-30(2)17-19-35-20-18-33(6)22(28(35)29(30)39-21-35)11-12-24-32(5)15-14-25(40-27(38)10-8-9-26(36)37)31(3,4)23(32)13-16-34(24,33)7/h22-25,28-29H,8-21H2,1-7H3,(H,36,37)/t22?,23?,24?,25-,28?,29?,32-,33+,34+,35?/m0/s1. The Bertz CT molecular complexity index is 1050. The van der Waals surface area contributed by atoms with Crippen LogP contribution in [-0.4, -0.2) is 35.9 Å². The molecule has 6 aliphatic rings. The van der Waals surface area contributed by atoms with Crippen molar-refractivity contribution in [2.45, 2.75) is 144 Å². The molecule has 5 saturated carbocycles. The van der Waals surface area contributed by atoms with Gasteiger partial charge in [-0.05, 0) is 121 Å². The highest BCUT2D eigenvalue weighted by Gasteiger charge is 2.72. The lowest BCUT2D eigenvalue weighted by Gasteiger charge is -2.73. The summed E-state index contributed by atoms with van der Waals surface area (Å²) in [7, 11) is 0. The Morgan fingerprint density at radius 3 is 2.25 bits per heavy atom. The largest absolute Gasteiger partial charge is 0.481 e. The van der Waals surface area contributed by atoms with Gasteiger partial charge in [0.2, 0.25) is 0 Å². The molecule has 5 heteroatoms. The molecule has 2 bridgehead atoms. The fourth-order valence-electron chi connectivity index (χ4n) is 12.8. The minimum atomic E-state index is -0.851. The highest BCUT2D eigenvalue weighted by Crippen LogP contribution is 2.78. The first kappa shape index (κ1) is 29.0. The number of carbonyl (C=O) groups is 2. The Morgan fingerprint density at radius 2 is 1.52 bits per heavy atom. The van der Waals surface area contributed by atoms with E-state index < -0.39 is 5.97 Å². The lowest BCUT2D eigenvalue weighted by molar-refractivity contribution is -0.254. The molecular formula is C35H56O5. The zero-order chi connectivity index (χ0) is 28.9. The highest BCUT2D eigenvalue weighted by atomic mass is 16.5. The summed E-state index contributed by atoms with van der Waals surface area (Å²) in [5.41, 5.74) is 1.59. The molecule has 1 N–H and O–H groups in total. The Balaban J connectivity index is 1.24. The number of carboxylic acids is 1. The van der Waals surface area contributed by atoms with Crippen molar-refractivity contribution in [3.8, 4) is 0 Å². The zero-order valence-electron chi connectivity index (χ0n) is 26.4. The van der Waals surface area contributed by atoms with Crippen molar-refractivity contribution in [3.63, 3.8) is 0 Å². The molecule has 0 amide bonds. The van der Waals surface area contributed by atoms with Gasteiger partial charge in [0, 0.05) is 18.3 Å². The molecule has 226 valence electrons. The van der Waals surface area contributed by atoms with E-state index in [4.69, 9.17) is 14.6 Å². The van der Waals surface area contributed by atoms with E-state index in [1.807, 2.05) is 0 Å². The number of hydrogen-bond acceptors (Lipinski definition) is 4. The number of fused-ring (bicyclic) bond motifs is 5. The summed E-state index contributed by atoms with van der Waals surface area (Å²) in [5, 5.41) is 8.95. The molecule has 5 aliphatic carbocycles. The van der Waals surface area contributed by atoms with Gasteiger partial charge in [0.15, 0.2) is 0 Å². The average molecular weight is 557 g/mol. The molecule has 40 heavy (non-hydrogen) atoms. The van der Waals surface area contributed by atoms with Crippen LogP contribution in [0.1, 0.15) is 132 Å². The van der Waals surface area contributed by atoms with Crippen molar-refractivity contribution in [3.05, 3.63) is 0 Å². The van der Waals surface area contributed by atoms with E-state index in [2.05, 4.69) is 48.5 Å². The van der Waals surface area contributed by atoms with Crippen LogP contribution in [-0.2, 0) is 19.1 Å². The molecule has 1 heterocycles. The maximum Gasteiger partial charge on any atom is 0.306 e. The van der Waals surface area contributed by atoms with Crippen LogP contribution in [0.25, 0.3) is 0 Å². The van der Waals surface area contributed by atoms with Crippen molar-refractivity contribution in [2.24, 2.45) is 56.2 Å². The number of carboxylic acid groups (broad SMARTS) is 1. The number of esters is 1. The molecule has 1 aliphatic heterocycles. The molecule has 1 saturated heterocycles. The van der Waals surface area contributed by atoms with E-state index in [1.54, 1.807) is 0 Å². The second-order valence-electron chi connectivity index (χ2n) is 17.4. The summed E-state index contributed by atoms with van der Waals surface area (Å²) < 4.78 is 12.8. The van der Waals surface area contributed by atoms with E-state index in [0.717, 1.165) is 31.3 Å². The molecule has 0 aromatic heterocycles. The molecule has 6 fully saturated rings. The summed E-state index contributed by atoms with van der Waals surface area (Å²) in [6, 6.07) is 0. The third-order valence-corrected chi connectivity index (χ3v) is 15.1. The monoisotopic (exact) mass is 556 g/mol. The Hall–Kier alpha value is -1.10. The topological polar surface area (TPSA) is 72.8 Å². The van der Waals surface area contributed by atoms with Gasteiger partial charge in [-0.3, -0.25) is 9.59 Å². The molecule has 0 radical (unpaired) electrons. The number of ether oxygens (including phenoxy) is 2. The highest BCUT2D eigenvalue weighted by molar-refractivity contribution is 5.71. The number of aliphatic carboxylic acids is 1. The van der Waals surface area contributed by atoms with Crippen LogP contribution in [0.5, 0.6) is 0 Å². The van der Waals surface area contributed by atoms with Crippen LogP contribution in [0.4, 0.5) is 0 Å². The molecule has 5 nitrogen and oxygen atoms in total. The molecule has 10 atom stereocenters. The smallest absolute Gasteiger partial charge is 0.306 e. The van der Waals surface area contributed by atoms with E-state index in [-0.39, 0.29) is 41.2 Å². The van der Waals surface area contributed by atoms with Gasteiger partial charge in [-0.2, -0.15) is 0 Å². The van der Waals surface area contributed by atoms with Crippen molar-refractivity contribution in [1.82, 2.24) is 0 Å². The van der Waals surface area contributed by atoms with E-state index >= 15 is 0 Å². The van der Waals surface area contributed by atoms with E-state index in [1.165, 1.54) is 51.4 Å². The van der Waals surface area contributed by atoms with Gasteiger partial charge < -0.3 is 14.6 Å². The maximum atomic E-state index is 12.7. The molecule has 0 aromatic rings. The minimum Gasteiger partial charge on any atom is -0.481 e. The van der Waals surface area contributed by atoms with Gasteiger partial charge in [-0.1, -0.05) is 48.5 Å². The predicted molar refractivity (Wildman–Crippen MR) is 156 cm³/mol. The Labute approximate surface area is 242 Å². The summed E-state index contributed by atoms with van der Waals surface area (Å²) in [5.74, 6) is 1.66. The van der Waals surface area contributed by atoms with Crippen LogP contribution in [0.3, 0.4) is 0 Å². The molecule has 0 spiro atoms. The third kappa shape index (κ3) is 3.87. The van der Waals surface area contributed by atoms with Crippen molar-refractivity contribution < 1.29 is 24.2 Å². The third-order valence-electron chi connectivity index (χ3n) is 15.1. The fourth-order valence-corrected chi connectivity index (χ4v) is 12.8. The van der Waals surface area contributed by atoms with Gasteiger partial charge in [0.1, 0.15) is 6.10 Å². The van der Waals surface area contributed by atoms with Crippen LogP contribution >= 0.6 is 0 Å². The fraction of sp³-hybridized carbons (Fsp3) is 0.943. The SMILES string of the molecule is CC1(C)CCC23CC[C@]4(C)C(CCC5[C@@]6(C)CC[C@H](OC(=O)CCCC(=O)O)C(C)(C)C6CC[C@]54C)C2C1OC3. The first-order valence-electron chi connectivity index (χ1n) is 16.6. The van der Waals surface area contributed by atoms with Gasteiger partial charge in [-0.25, -0.2) is 0 Å². The predicted octanol–water partition coefficient (Wildman–Crippen LogP) is 8.04. The Kier molecular flexibility index (Phi) is 6.67. The zero-order valence-corrected chi connectivity index (χ0v) is 26.4. The van der Waals surface area contributed by atoms with Crippen molar-refractivity contribution in [1.29, 1.82) is 0 Å². The van der Waals surface area contributed by atoms with Gasteiger partial charge in [-0.15, -0.1) is 0 Å². The summed E-state index contributed by atoms with van der Waals surface area (Å²) in [4.78, 5) is 23.6. The van der Waals surface area contributed by atoms with E-state index in [0.29, 0.717) is 40.6 Å². The quantitative estimate of drug-likeness (QED) is 0.347.